The van der Waals surface area contributed by atoms with Crippen LogP contribution in [0, 0.1) is 0 Å². The Hall–Kier alpha value is -3.49. The van der Waals surface area contributed by atoms with Crippen molar-refractivity contribution in [1.82, 2.24) is 9.55 Å². The Bertz CT molecular complexity index is 977. The summed E-state index contributed by atoms with van der Waals surface area (Å²) in [6.07, 6.45) is 1.97. The van der Waals surface area contributed by atoms with Crippen LogP contribution in [0.15, 0.2) is 24.4 Å². The highest BCUT2D eigenvalue weighted by Crippen LogP contribution is 2.32. The smallest absolute Gasteiger partial charge is 0.372 e. The number of fused-ring (bicyclic) bond motifs is 1. The van der Waals surface area contributed by atoms with Crippen LogP contribution in [0.3, 0.4) is 0 Å². The Morgan fingerprint density at radius 1 is 1.25 bits per heavy atom. The van der Waals surface area contributed by atoms with Crippen molar-refractivity contribution >= 4 is 23.7 Å². The molecular formula is C19H18N2O7. The lowest BCUT2D eigenvalue weighted by atomic mass is 10.0. The molecule has 1 aliphatic carbocycles. The van der Waals surface area contributed by atoms with Gasteiger partial charge in [0.15, 0.2) is 11.5 Å². The van der Waals surface area contributed by atoms with Gasteiger partial charge in [0.1, 0.15) is 6.04 Å². The number of aromatic carboxylic acids is 2. The predicted molar refractivity (Wildman–Crippen MR) is 94.6 cm³/mol. The lowest BCUT2D eigenvalue weighted by Crippen LogP contribution is -2.19. The van der Waals surface area contributed by atoms with Crippen LogP contribution in [0.1, 0.15) is 62.0 Å². The largest absolute Gasteiger partial charge is 0.476 e. The van der Waals surface area contributed by atoms with Crippen LogP contribution in [0.2, 0.25) is 0 Å². The second-order valence-corrected chi connectivity index (χ2v) is 6.35. The molecule has 2 N–H and O–H groups in total. The predicted octanol–water partition coefficient (Wildman–Crippen LogP) is 1.76. The van der Waals surface area contributed by atoms with E-state index in [1.165, 1.54) is 0 Å². The number of aryl methyl sites for hydroxylation is 1. The van der Waals surface area contributed by atoms with Crippen LogP contribution < -0.4 is 0 Å². The number of rotatable bonds is 7. The zero-order chi connectivity index (χ0) is 20.4. The van der Waals surface area contributed by atoms with Gasteiger partial charge in [0.05, 0.1) is 6.61 Å². The molecule has 1 aromatic heterocycles. The molecule has 1 aliphatic rings. The number of ether oxygens (including phenoxy) is 1. The molecule has 0 bridgehead atoms. The van der Waals surface area contributed by atoms with Crippen LogP contribution in [0.5, 0.6) is 0 Å². The van der Waals surface area contributed by atoms with Gasteiger partial charge in [-0.05, 0) is 24.5 Å². The van der Waals surface area contributed by atoms with Gasteiger partial charge >= 0.3 is 17.9 Å². The van der Waals surface area contributed by atoms with Crippen LogP contribution in [0.25, 0.3) is 0 Å². The summed E-state index contributed by atoms with van der Waals surface area (Å²) in [4.78, 5) is 50.4. The van der Waals surface area contributed by atoms with E-state index in [0.717, 1.165) is 21.9 Å². The van der Waals surface area contributed by atoms with Crippen LogP contribution in [-0.4, -0.2) is 50.1 Å². The zero-order valence-electron chi connectivity index (χ0n) is 15.0. The molecule has 9 nitrogen and oxygen atoms in total. The Morgan fingerprint density at radius 2 is 2.00 bits per heavy atom. The maximum absolute atomic E-state index is 12.8. The minimum Gasteiger partial charge on any atom is -0.476 e. The Labute approximate surface area is 159 Å². The second kappa shape index (κ2) is 7.63. The lowest BCUT2D eigenvalue weighted by Gasteiger charge is -2.11. The molecule has 1 heterocycles. The number of carbonyl (C=O) groups excluding carboxylic acids is 2. The molecule has 0 radical (unpaired) electrons. The molecule has 0 saturated heterocycles. The van der Waals surface area contributed by atoms with Gasteiger partial charge in [0.2, 0.25) is 5.82 Å². The number of imidazole rings is 1. The molecule has 2 aromatic rings. The van der Waals surface area contributed by atoms with Crippen molar-refractivity contribution in [3.63, 3.8) is 0 Å². The van der Waals surface area contributed by atoms with Gasteiger partial charge in [-0.25, -0.2) is 14.6 Å². The maximum Gasteiger partial charge on any atom is 0.372 e. The fraction of sp³-hybridized carbons (Fsp3) is 0.316. The van der Waals surface area contributed by atoms with Gasteiger partial charge in [-0.1, -0.05) is 18.2 Å². The van der Waals surface area contributed by atoms with Crippen LogP contribution >= 0.6 is 0 Å². The minimum atomic E-state index is -1.41. The van der Waals surface area contributed by atoms with Crippen molar-refractivity contribution in [2.45, 2.75) is 32.2 Å². The Kier molecular flexibility index (Phi) is 5.25. The van der Waals surface area contributed by atoms with Crippen molar-refractivity contribution < 1.29 is 34.1 Å². The summed E-state index contributed by atoms with van der Waals surface area (Å²) in [5, 5.41) is 18.4. The quantitative estimate of drug-likeness (QED) is 0.687. The molecule has 0 saturated carbocycles. The number of carboxylic acid groups (broad SMARTS) is 2. The normalized spacial score (nSPS) is 15.3. The van der Waals surface area contributed by atoms with E-state index < -0.39 is 29.5 Å². The van der Waals surface area contributed by atoms with E-state index in [4.69, 9.17) is 9.84 Å². The molecule has 146 valence electrons. The first-order valence-corrected chi connectivity index (χ1v) is 8.69. The monoisotopic (exact) mass is 386 g/mol. The number of aromatic nitrogens is 2. The molecule has 0 fully saturated rings. The van der Waals surface area contributed by atoms with Crippen LogP contribution in [-0.2, 0) is 22.4 Å². The fourth-order valence-electron chi connectivity index (χ4n) is 3.29. The zero-order valence-corrected chi connectivity index (χ0v) is 15.0. The highest BCUT2D eigenvalue weighted by molar-refractivity contribution is 6.04. The molecule has 28 heavy (non-hydrogen) atoms. The van der Waals surface area contributed by atoms with E-state index >= 15 is 0 Å². The van der Waals surface area contributed by atoms with E-state index in [9.17, 15) is 24.3 Å². The molecule has 1 atom stereocenters. The average molecular weight is 386 g/mol. The molecular weight excluding hydrogens is 368 g/mol. The third-order valence-corrected chi connectivity index (χ3v) is 4.55. The first kappa shape index (κ1) is 19.3. The summed E-state index contributed by atoms with van der Waals surface area (Å²) >= 11 is 0. The molecule has 1 aromatic carbocycles. The van der Waals surface area contributed by atoms with Gasteiger partial charge < -0.3 is 19.5 Å². The van der Waals surface area contributed by atoms with E-state index in [0.29, 0.717) is 18.6 Å². The Balaban J connectivity index is 1.85. The van der Waals surface area contributed by atoms with Crippen molar-refractivity contribution in [2.24, 2.45) is 0 Å². The van der Waals surface area contributed by atoms with Crippen molar-refractivity contribution in [3.8, 4) is 0 Å². The second-order valence-electron chi connectivity index (χ2n) is 6.35. The van der Waals surface area contributed by atoms with Gasteiger partial charge in [0.25, 0.3) is 0 Å². The van der Waals surface area contributed by atoms with E-state index in [-0.39, 0.29) is 24.6 Å². The summed E-state index contributed by atoms with van der Waals surface area (Å²) in [5.41, 5.74) is 1.59. The Morgan fingerprint density at radius 3 is 2.64 bits per heavy atom. The molecule has 9 heteroatoms. The van der Waals surface area contributed by atoms with Crippen LogP contribution in [0.4, 0.5) is 0 Å². The number of Topliss-reactive ketones (excluding diaryl/α,β-unsaturated/α-hetero) is 1. The van der Waals surface area contributed by atoms with E-state index in [1.54, 1.807) is 19.1 Å². The number of nitrogens with zero attached hydrogens (tertiary/aromatic N) is 2. The number of carbonyl (C=O) groups is 4. The topological polar surface area (TPSA) is 136 Å². The number of carboxylic acids is 2. The summed E-state index contributed by atoms with van der Waals surface area (Å²) in [5.74, 6) is -3.88. The summed E-state index contributed by atoms with van der Waals surface area (Å²) in [7, 11) is 0. The molecule has 0 aliphatic heterocycles. The SMILES string of the molecule is CCOC(=O)CCc1ccc2c(c1)CC(n1cc(C(=O)O)nc1C(=O)O)C2=O. The number of hydrogen-bond donors (Lipinski definition) is 2. The van der Waals surface area contributed by atoms with E-state index in [1.807, 2.05) is 6.07 Å². The highest BCUT2D eigenvalue weighted by Gasteiger charge is 2.35. The van der Waals surface area contributed by atoms with Gasteiger partial charge in [0, 0.05) is 24.6 Å². The standard InChI is InChI=1S/C19H18N2O7/c1-2-28-15(22)6-4-10-3-5-12-11(7-10)8-14(16(12)23)21-9-13(18(24)25)20-17(21)19(26)27/h3,5,7,9,14H,2,4,6,8H2,1H3,(H,24,25)(H,26,27). The number of esters is 1. The fourth-order valence-corrected chi connectivity index (χ4v) is 3.29. The highest BCUT2D eigenvalue weighted by atomic mass is 16.5. The number of ketones is 1. The minimum absolute atomic E-state index is 0.219. The number of hydrogen-bond acceptors (Lipinski definition) is 6. The van der Waals surface area contributed by atoms with Crippen molar-refractivity contribution in [3.05, 3.63) is 52.6 Å². The molecule has 3 rings (SSSR count). The number of benzene rings is 1. The van der Waals surface area contributed by atoms with E-state index in [2.05, 4.69) is 4.98 Å². The first-order valence-electron chi connectivity index (χ1n) is 8.69. The average Bonchev–Trinajstić information content (AvgIpc) is 3.22. The molecule has 0 amide bonds. The van der Waals surface area contributed by atoms with Gasteiger partial charge in [-0.15, -0.1) is 0 Å². The first-order chi connectivity index (χ1) is 13.3. The molecule has 0 spiro atoms. The van der Waals surface area contributed by atoms with Crippen molar-refractivity contribution in [2.75, 3.05) is 6.61 Å². The lowest BCUT2D eigenvalue weighted by molar-refractivity contribution is -0.143. The third-order valence-electron chi connectivity index (χ3n) is 4.55. The third kappa shape index (κ3) is 3.64. The van der Waals surface area contributed by atoms with Gasteiger partial charge in [-0.3, -0.25) is 9.59 Å². The maximum atomic E-state index is 12.8. The summed E-state index contributed by atoms with van der Waals surface area (Å²) < 4.78 is 6.00. The van der Waals surface area contributed by atoms with Gasteiger partial charge in [-0.2, -0.15) is 0 Å². The van der Waals surface area contributed by atoms with Crippen molar-refractivity contribution in [1.29, 1.82) is 0 Å². The summed E-state index contributed by atoms with van der Waals surface area (Å²) in [6.45, 7) is 2.05. The summed E-state index contributed by atoms with van der Waals surface area (Å²) in [6, 6.07) is 4.32. The molecule has 1 unspecified atom stereocenters.